The molecular weight excluding hydrogens is 198 g/mol. The Kier molecular flexibility index (Phi) is 3.15. The lowest BCUT2D eigenvalue weighted by Gasteiger charge is -2.25. The van der Waals surface area contributed by atoms with Crippen LogP contribution in [0.1, 0.15) is 0 Å². The van der Waals surface area contributed by atoms with E-state index in [1.165, 1.54) is 0 Å². The fourth-order valence-corrected chi connectivity index (χ4v) is 1.32. The zero-order chi connectivity index (χ0) is 7.40. The van der Waals surface area contributed by atoms with Crippen molar-refractivity contribution in [2.24, 2.45) is 0 Å². The van der Waals surface area contributed by atoms with Crippen molar-refractivity contribution < 1.29 is 9.53 Å². The van der Waals surface area contributed by atoms with Crippen molar-refractivity contribution in [2.45, 2.75) is 0 Å². The third-order valence-electron chi connectivity index (χ3n) is 1.44. The molecule has 4 heteroatoms. The van der Waals surface area contributed by atoms with Crippen LogP contribution in [0, 0.1) is 0 Å². The SMILES string of the molecule is O=C1COCCN1CCBr. The third-order valence-corrected chi connectivity index (χ3v) is 1.79. The molecule has 0 saturated carbocycles. The van der Waals surface area contributed by atoms with E-state index in [1.54, 1.807) is 4.90 Å². The van der Waals surface area contributed by atoms with Gasteiger partial charge < -0.3 is 9.64 Å². The van der Waals surface area contributed by atoms with Crippen LogP contribution in [0.2, 0.25) is 0 Å². The Morgan fingerprint density at radius 2 is 2.50 bits per heavy atom. The number of rotatable bonds is 2. The zero-order valence-corrected chi connectivity index (χ0v) is 7.26. The molecule has 0 aromatic heterocycles. The van der Waals surface area contributed by atoms with E-state index in [2.05, 4.69) is 15.9 Å². The predicted molar refractivity (Wildman–Crippen MR) is 41.2 cm³/mol. The Labute approximate surface area is 68.5 Å². The standard InChI is InChI=1S/C6H10BrNO2/c7-1-2-8-3-4-10-5-6(8)9/h1-5H2. The summed E-state index contributed by atoms with van der Waals surface area (Å²) in [6.45, 7) is 2.47. The van der Waals surface area contributed by atoms with Crippen LogP contribution < -0.4 is 0 Å². The second-order valence-corrected chi connectivity index (χ2v) is 2.92. The molecule has 0 atom stereocenters. The summed E-state index contributed by atoms with van der Waals surface area (Å²) >= 11 is 3.28. The van der Waals surface area contributed by atoms with Gasteiger partial charge in [0.15, 0.2) is 0 Å². The lowest BCUT2D eigenvalue weighted by molar-refractivity contribution is -0.142. The van der Waals surface area contributed by atoms with Crippen molar-refractivity contribution in [1.29, 1.82) is 0 Å². The molecule has 0 bridgehead atoms. The number of nitrogens with zero attached hydrogens (tertiary/aromatic N) is 1. The van der Waals surface area contributed by atoms with E-state index in [0.29, 0.717) is 6.61 Å². The van der Waals surface area contributed by atoms with Gasteiger partial charge in [-0.25, -0.2) is 0 Å². The molecule has 1 saturated heterocycles. The normalized spacial score (nSPS) is 19.7. The first kappa shape index (κ1) is 8.01. The van der Waals surface area contributed by atoms with E-state index >= 15 is 0 Å². The molecule has 1 rings (SSSR count). The topological polar surface area (TPSA) is 29.5 Å². The zero-order valence-electron chi connectivity index (χ0n) is 5.68. The summed E-state index contributed by atoms with van der Waals surface area (Å²) in [4.78, 5) is 12.8. The van der Waals surface area contributed by atoms with Gasteiger partial charge in [0.25, 0.3) is 0 Å². The first-order valence-electron chi connectivity index (χ1n) is 3.26. The minimum atomic E-state index is 0.103. The molecule has 0 spiro atoms. The number of amides is 1. The smallest absolute Gasteiger partial charge is 0.248 e. The molecule has 1 aliphatic rings. The molecule has 0 aliphatic carbocycles. The fourth-order valence-electron chi connectivity index (χ4n) is 0.889. The fraction of sp³-hybridized carbons (Fsp3) is 0.833. The molecule has 0 N–H and O–H groups in total. The number of carbonyl (C=O) groups excluding carboxylic acids is 1. The first-order valence-corrected chi connectivity index (χ1v) is 4.38. The lowest BCUT2D eigenvalue weighted by Crippen LogP contribution is -2.42. The third kappa shape index (κ3) is 1.95. The Morgan fingerprint density at radius 3 is 3.10 bits per heavy atom. The van der Waals surface area contributed by atoms with Crippen LogP contribution in [0.5, 0.6) is 0 Å². The molecule has 1 aliphatic heterocycles. The monoisotopic (exact) mass is 207 g/mol. The van der Waals surface area contributed by atoms with Gasteiger partial charge in [-0.15, -0.1) is 0 Å². The van der Waals surface area contributed by atoms with Crippen molar-refractivity contribution >= 4 is 21.8 Å². The molecule has 1 heterocycles. The number of hydrogen-bond donors (Lipinski definition) is 0. The highest BCUT2D eigenvalue weighted by molar-refractivity contribution is 9.09. The Bertz CT molecular complexity index is 127. The number of morpholine rings is 1. The summed E-state index contributed by atoms with van der Waals surface area (Å²) in [6.07, 6.45) is 0. The van der Waals surface area contributed by atoms with E-state index in [4.69, 9.17) is 4.74 Å². The maximum atomic E-state index is 11.0. The van der Waals surface area contributed by atoms with Crippen LogP contribution in [0.4, 0.5) is 0 Å². The van der Waals surface area contributed by atoms with Crippen molar-refractivity contribution in [3.05, 3.63) is 0 Å². The van der Waals surface area contributed by atoms with Crippen LogP contribution >= 0.6 is 15.9 Å². The van der Waals surface area contributed by atoms with Gasteiger partial charge in [-0.2, -0.15) is 0 Å². The highest BCUT2D eigenvalue weighted by Crippen LogP contribution is 1.98. The van der Waals surface area contributed by atoms with Crippen LogP contribution in [0.15, 0.2) is 0 Å². The highest BCUT2D eigenvalue weighted by Gasteiger charge is 2.16. The molecule has 0 aromatic rings. The molecule has 1 fully saturated rings. The van der Waals surface area contributed by atoms with Gasteiger partial charge >= 0.3 is 0 Å². The Morgan fingerprint density at radius 1 is 1.70 bits per heavy atom. The largest absolute Gasteiger partial charge is 0.370 e. The molecule has 1 amide bonds. The summed E-state index contributed by atoms with van der Waals surface area (Å²) < 4.78 is 4.95. The predicted octanol–water partition coefficient (Wildman–Crippen LogP) is 0.240. The number of alkyl halides is 1. The van der Waals surface area contributed by atoms with Gasteiger partial charge in [0.1, 0.15) is 6.61 Å². The minimum absolute atomic E-state index is 0.103. The van der Waals surface area contributed by atoms with E-state index in [-0.39, 0.29) is 12.5 Å². The summed E-state index contributed by atoms with van der Waals surface area (Å²) in [5.74, 6) is 0.103. The van der Waals surface area contributed by atoms with E-state index in [0.717, 1.165) is 18.4 Å². The summed E-state index contributed by atoms with van der Waals surface area (Å²) in [6, 6.07) is 0. The van der Waals surface area contributed by atoms with Gasteiger partial charge in [0.2, 0.25) is 5.91 Å². The number of ether oxygens (including phenoxy) is 1. The van der Waals surface area contributed by atoms with Crippen molar-refractivity contribution in [3.8, 4) is 0 Å². The molecule has 58 valence electrons. The number of carbonyl (C=O) groups is 1. The molecule has 10 heavy (non-hydrogen) atoms. The Hall–Kier alpha value is -0.0900. The highest BCUT2D eigenvalue weighted by atomic mass is 79.9. The van der Waals surface area contributed by atoms with Crippen molar-refractivity contribution in [1.82, 2.24) is 4.90 Å². The molecule has 0 radical (unpaired) electrons. The second kappa shape index (κ2) is 3.93. The molecule has 0 aromatic carbocycles. The molecule has 0 unspecified atom stereocenters. The molecule has 3 nitrogen and oxygen atoms in total. The van der Waals surface area contributed by atoms with Crippen LogP contribution in [0.3, 0.4) is 0 Å². The van der Waals surface area contributed by atoms with Crippen molar-refractivity contribution in [3.63, 3.8) is 0 Å². The first-order chi connectivity index (χ1) is 4.84. The maximum Gasteiger partial charge on any atom is 0.248 e. The average molecular weight is 208 g/mol. The van der Waals surface area contributed by atoms with Gasteiger partial charge in [-0.05, 0) is 0 Å². The van der Waals surface area contributed by atoms with Crippen LogP contribution in [0.25, 0.3) is 0 Å². The summed E-state index contributed by atoms with van der Waals surface area (Å²) in [5.41, 5.74) is 0. The minimum Gasteiger partial charge on any atom is -0.370 e. The number of halogens is 1. The van der Waals surface area contributed by atoms with Gasteiger partial charge in [-0.3, -0.25) is 4.79 Å². The van der Waals surface area contributed by atoms with E-state index in [9.17, 15) is 4.79 Å². The molecular formula is C6H10BrNO2. The lowest BCUT2D eigenvalue weighted by atomic mass is 10.4. The van der Waals surface area contributed by atoms with Gasteiger partial charge in [0.05, 0.1) is 6.61 Å². The van der Waals surface area contributed by atoms with Crippen LogP contribution in [-0.4, -0.2) is 42.4 Å². The van der Waals surface area contributed by atoms with Crippen LogP contribution in [-0.2, 0) is 9.53 Å². The quantitative estimate of drug-likeness (QED) is 0.608. The van der Waals surface area contributed by atoms with Gasteiger partial charge in [-0.1, -0.05) is 15.9 Å². The van der Waals surface area contributed by atoms with Crippen molar-refractivity contribution in [2.75, 3.05) is 31.6 Å². The van der Waals surface area contributed by atoms with E-state index < -0.39 is 0 Å². The maximum absolute atomic E-state index is 11.0. The summed E-state index contributed by atoms with van der Waals surface area (Å²) in [7, 11) is 0. The Balaban J connectivity index is 2.32. The average Bonchev–Trinajstić information content (AvgIpc) is 1.94. The van der Waals surface area contributed by atoms with E-state index in [1.807, 2.05) is 0 Å². The van der Waals surface area contributed by atoms with Gasteiger partial charge in [0, 0.05) is 18.4 Å². The summed E-state index contributed by atoms with van der Waals surface area (Å²) in [5, 5.41) is 0.846. The second-order valence-electron chi connectivity index (χ2n) is 2.12. The number of hydrogen-bond acceptors (Lipinski definition) is 2.